The van der Waals surface area contributed by atoms with Gasteiger partial charge in [0.1, 0.15) is 0 Å². The Hall–Kier alpha value is -1.31. The number of amides is 1. The highest BCUT2D eigenvalue weighted by molar-refractivity contribution is 7.89. The first-order chi connectivity index (χ1) is 9.73. The number of sulfonamides is 1. The van der Waals surface area contributed by atoms with Crippen LogP contribution in [0.15, 0.2) is 17.0 Å². The van der Waals surface area contributed by atoms with Crippen molar-refractivity contribution in [2.24, 2.45) is 11.7 Å². The predicted molar refractivity (Wildman–Crippen MR) is 81.3 cm³/mol. The highest BCUT2D eigenvalue weighted by Crippen LogP contribution is 2.29. The van der Waals surface area contributed by atoms with Gasteiger partial charge in [0.2, 0.25) is 15.9 Å². The van der Waals surface area contributed by atoms with Crippen molar-refractivity contribution in [3.63, 3.8) is 0 Å². The molecule has 0 radical (unpaired) electrons. The van der Waals surface area contributed by atoms with Gasteiger partial charge >= 0.3 is 0 Å². The first-order valence-corrected chi connectivity index (χ1v) is 8.40. The van der Waals surface area contributed by atoms with Crippen LogP contribution in [-0.4, -0.2) is 31.7 Å². The number of hydrogen-bond donors (Lipinski definition) is 2. The monoisotopic (exact) mass is 331 g/mol. The Morgan fingerprint density at radius 2 is 1.90 bits per heavy atom. The third-order valence-electron chi connectivity index (χ3n) is 3.85. The summed E-state index contributed by atoms with van der Waals surface area (Å²) in [5.74, 6) is -0.641. The van der Waals surface area contributed by atoms with Gasteiger partial charge in [-0.1, -0.05) is 11.6 Å². The maximum absolute atomic E-state index is 12.6. The van der Waals surface area contributed by atoms with Crippen LogP contribution in [0, 0.1) is 12.8 Å². The second-order valence-electron chi connectivity index (χ2n) is 5.20. The van der Waals surface area contributed by atoms with Crippen molar-refractivity contribution in [2.75, 3.05) is 18.8 Å². The minimum Gasteiger partial charge on any atom is -0.398 e. The number of halogens is 1. The predicted octanol–water partition coefficient (Wildman–Crippen LogP) is 1.12. The smallest absolute Gasteiger partial charge is 0.243 e. The number of primary amides is 1. The summed E-state index contributed by atoms with van der Waals surface area (Å²) in [6.45, 7) is 2.26. The zero-order valence-corrected chi connectivity index (χ0v) is 13.2. The van der Waals surface area contributed by atoms with Gasteiger partial charge in [0, 0.05) is 29.7 Å². The molecule has 1 saturated heterocycles. The summed E-state index contributed by atoms with van der Waals surface area (Å²) in [4.78, 5) is 11.2. The highest BCUT2D eigenvalue weighted by atomic mass is 35.5. The van der Waals surface area contributed by atoms with Gasteiger partial charge in [-0.25, -0.2) is 8.42 Å². The molecule has 0 aliphatic carbocycles. The van der Waals surface area contributed by atoms with Gasteiger partial charge in [0.05, 0.1) is 4.90 Å². The van der Waals surface area contributed by atoms with Crippen LogP contribution in [0.25, 0.3) is 0 Å². The molecular formula is C13H18ClN3O3S. The van der Waals surface area contributed by atoms with E-state index >= 15 is 0 Å². The van der Waals surface area contributed by atoms with Crippen molar-refractivity contribution in [3.8, 4) is 0 Å². The number of nitrogens with two attached hydrogens (primary N) is 2. The van der Waals surface area contributed by atoms with Gasteiger partial charge in [-0.05, 0) is 37.5 Å². The number of carbonyl (C=O) groups is 1. The van der Waals surface area contributed by atoms with Crippen molar-refractivity contribution in [3.05, 3.63) is 22.7 Å². The fourth-order valence-electron chi connectivity index (χ4n) is 2.35. The third-order valence-corrected chi connectivity index (χ3v) is 6.12. The topological polar surface area (TPSA) is 106 Å². The summed E-state index contributed by atoms with van der Waals surface area (Å²) in [7, 11) is -3.66. The number of benzene rings is 1. The van der Waals surface area contributed by atoms with Crippen LogP contribution in [0.5, 0.6) is 0 Å². The zero-order valence-electron chi connectivity index (χ0n) is 11.7. The van der Waals surface area contributed by atoms with E-state index in [1.807, 2.05) is 0 Å². The van der Waals surface area contributed by atoms with E-state index in [-0.39, 0.29) is 29.8 Å². The standard InChI is InChI=1S/C13H18ClN3O3S/c1-8-11(14)6-10(7-12(8)15)21(19,20)17-4-2-9(3-5-17)13(16)18/h6-7,9H,2-5,15H2,1H3,(H2,16,18). The second kappa shape index (κ2) is 5.82. The molecule has 2 rings (SSSR count). The molecule has 0 saturated carbocycles. The summed E-state index contributed by atoms with van der Waals surface area (Å²) < 4.78 is 26.5. The minimum atomic E-state index is -3.66. The van der Waals surface area contributed by atoms with Gasteiger partial charge in [0.15, 0.2) is 0 Å². The Bertz CT molecular complexity index is 644. The first-order valence-electron chi connectivity index (χ1n) is 6.58. The molecule has 1 amide bonds. The number of anilines is 1. The van der Waals surface area contributed by atoms with Gasteiger partial charge in [-0.2, -0.15) is 4.31 Å². The highest BCUT2D eigenvalue weighted by Gasteiger charge is 2.31. The van der Waals surface area contributed by atoms with Gasteiger partial charge in [-0.3, -0.25) is 4.79 Å². The van der Waals surface area contributed by atoms with Crippen LogP contribution in [0.1, 0.15) is 18.4 Å². The molecule has 1 heterocycles. The molecule has 6 nitrogen and oxygen atoms in total. The quantitative estimate of drug-likeness (QED) is 0.809. The Kier molecular flexibility index (Phi) is 4.46. The summed E-state index contributed by atoms with van der Waals surface area (Å²) in [5, 5.41) is 0.320. The molecule has 8 heteroatoms. The molecule has 0 unspecified atom stereocenters. The lowest BCUT2D eigenvalue weighted by Crippen LogP contribution is -2.41. The van der Waals surface area contributed by atoms with Crippen molar-refractivity contribution < 1.29 is 13.2 Å². The van der Waals surface area contributed by atoms with E-state index in [0.29, 0.717) is 29.1 Å². The molecule has 0 aromatic heterocycles. The maximum atomic E-state index is 12.6. The van der Waals surface area contributed by atoms with E-state index in [0.717, 1.165) is 0 Å². The van der Waals surface area contributed by atoms with Crippen LogP contribution in [-0.2, 0) is 14.8 Å². The molecule has 1 aliphatic heterocycles. The number of piperidine rings is 1. The number of hydrogen-bond acceptors (Lipinski definition) is 4. The minimum absolute atomic E-state index is 0.0770. The lowest BCUT2D eigenvalue weighted by atomic mass is 9.98. The lowest BCUT2D eigenvalue weighted by molar-refractivity contribution is -0.122. The Morgan fingerprint density at radius 1 is 1.33 bits per heavy atom. The Morgan fingerprint density at radius 3 is 2.38 bits per heavy atom. The lowest BCUT2D eigenvalue weighted by Gasteiger charge is -2.29. The zero-order chi connectivity index (χ0) is 15.8. The van der Waals surface area contributed by atoms with Crippen LogP contribution in [0.4, 0.5) is 5.69 Å². The number of nitrogen functional groups attached to an aromatic ring is 1. The summed E-state index contributed by atoms with van der Waals surface area (Å²) in [6, 6.07) is 2.82. The van der Waals surface area contributed by atoms with Gasteiger partial charge in [0.25, 0.3) is 0 Å². The Balaban J connectivity index is 2.26. The van der Waals surface area contributed by atoms with Crippen molar-refractivity contribution in [1.82, 2.24) is 4.31 Å². The molecule has 1 fully saturated rings. The van der Waals surface area contributed by atoms with Crippen LogP contribution in [0.2, 0.25) is 5.02 Å². The largest absolute Gasteiger partial charge is 0.398 e. The first kappa shape index (κ1) is 16.1. The maximum Gasteiger partial charge on any atom is 0.243 e. The second-order valence-corrected chi connectivity index (χ2v) is 7.55. The van der Waals surface area contributed by atoms with E-state index in [2.05, 4.69) is 0 Å². The van der Waals surface area contributed by atoms with E-state index in [1.54, 1.807) is 6.92 Å². The third kappa shape index (κ3) is 3.14. The van der Waals surface area contributed by atoms with Crippen LogP contribution < -0.4 is 11.5 Å². The molecule has 1 aromatic carbocycles. The summed E-state index contributed by atoms with van der Waals surface area (Å²) in [5.41, 5.74) is 12.0. The fourth-order valence-corrected chi connectivity index (χ4v) is 4.18. The number of carbonyl (C=O) groups excluding carboxylic acids is 1. The summed E-state index contributed by atoms with van der Waals surface area (Å²) >= 11 is 6.00. The molecule has 0 bridgehead atoms. The van der Waals surface area contributed by atoms with Gasteiger partial charge < -0.3 is 11.5 Å². The SMILES string of the molecule is Cc1c(N)cc(S(=O)(=O)N2CCC(C(N)=O)CC2)cc1Cl. The van der Waals surface area contributed by atoms with Gasteiger partial charge in [-0.15, -0.1) is 0 Å². The van der Waals surface area contributed by atoms with Crippen LogP contribution in [0.3, 0.4) is 0 Å². The molecule has 0 atom stereocenters. The molecular weight excluding hydrogens is 314 g/mol. The number of rotatable bonds is 3. The van der Waals surface area contributed by atoms with E-state index in [9.17, 15) is 13.2 Å². The van der Waals surface area contributed by atoms with Crippen molar-refractivity contribution in [2.45, 2.75) is 24.7 Å². The summed E-state index contributed by atoms with van der Waals surface area (Å²) in [6.07, 6.45) is 0.868. The van der Waals surface area contributed by atoms with E-state index in [4.69, 9.17) is 23.1 Å². The van der Waals surface area contributed by atoms with Crippen LogP contribution >= 0.6 is 11.6 Å². The average Bonchev–Trinajstić information content (AvgIpc) is 2.44. The van der Waals surface area contributed by atoms with Crippen molar-refractivity contribution >= 4 is 33.2 Å². The Labute approximate surface area is 129 Å². The molecule has 1 aliphatic rings. The fraction of sp³-hybridized carbons (Fsp3) is 0.462. The molecule has 1 aromatic rings. The van der Waals surface area contributed by atoms with Crippen molar-refractivity contribution in [1.29, 1.82) is 0 Å². The van der Waals surface area contributed by atoms with E-state index in [1.165, 1.54) is 16.4 Å². The molecule has 116 valence electrons. The molecule has 0 spiro atoms. The number of nitrogens with zero attached hydrogens (tertiary/aromatic N) is 1. The molecule has 21 heavy (non-hydrogen) atoms. The normalized spacial score (nSPS) is 17.8. The molecule has 4 N–H and O–H groups in total. The van der Waals surface area contributed by atoms with E-state index < -0.39 is 10.0 Å². The average molecular weight is 332 g/mol.